The van der Waals surface area contributed by atoms with Crippen molar-refractivity contribution in [3.05, 3.63) is 24.3 Å². The highest BCUT2D eigenvalue weighted by Gasteiger charge is 2.16. The van der Waals surface area contributed by atoms with Crippen molar-refractivity contribution in [2.24, 2.45) is 0 Å². The molecule has 1 fully saturated rings. The lowest BCUT2D eigenvalue weighted by molar-refractivity contribution is 0.259. The van der Waals surface area contributed by atoms with Crippen molar-refractivity contribution in [1.82, 2.24) is 10.2 Å². The van der Waals surface area contributed by atoms with Crippen molar-refractivity contribution in [3.8, 4) is 5.75 Å². The van der Waals surface area contributed by atoms with Gasteiger partial charge in [-0.1, -0.05) is 6.92 Å². The predicted molar refractivity (Wildman–Crippen MR) is 84.8 cm³/mol. The zero-order valence-corrected chi connectivity index (χ0v) is 12.8. The van der Waals surface area contributed by atoms with Crippen molar-refractivity contribution in [3.63, 3.8) is 0 Å². The van der Waals surface area contributed by atoms with E-state index in [4.69, 9.17) is 4.74 Å². The third-order valence-corrected chi connectivity index (χ3v) is 3.73. The van der Waals surface area contributed by atoms with E-state index in [-0.39, 0.29) is 0 Å². The summed E-state index contributed by atoms with van der Waals surface area (Å²) < 4.78 is 5.63. The monoisotopic (exact) mass is 277 g/mol. The van der Waals surface area contributed by atoms with Crippen LogP contribution in [-0.2, 0) is 0 Å². The van der Waals surface area contributed by atoms with Crippen molar-refractivity contribution < 1.29 is 4.74 Å². The van der Waals surface area contributed by atoms with Gasteiger partial charge in [-0.05, 0) is 37.7 Å². The Morgan fingerprint density at radius 1 is 1.10 bits per heavy atom. The molecule has 1 heterocycles. The molecule has 0 amide bonds. The van der Waals surface area contributed by atoms with Crippen molar-refractivity contribution >= 4 is 5.69 Å². The minimum atomic E-state index is 0.795. The summed E-state index contributed by atoms with van der Waals surface area (Å²) in [5, 5.41) is 3.21. The van der Waals surface area contributed by atoms with Crippen LogP contribution >= 0.6 is 0 Å². The fourth-order valence-electron chi connectivity index (χ4n) is 2.47. The van der Waals surface area contributed by atoms with Crippen LogP contribution in [0.25, 0.3) is 0 Å². The van der Waals surface area contributed by atoms with E-state index < -0.39 is 0 Å². The Balaban J connectivity index is 1.81. The van der Waals surface area contributed by atoms with Gasteiger partial charge in [0.2, 0.25) is 0 Å². The summed E-state index contributed by atoms with van der Waals surface area (Å²) >= 11 is 0. The van der Waals surface area contributed by atoms with Crippen LogP contribution in [0, 0.1) is 0 Å². The van der Waals surface area contributed by atoms with Crippen molar-refractivity contribution in [2.75, 3.05) is 57.8 Å². The summed E-state index contributed by atoms with van der Waals surface area (Å²) in [7, 11) is 2.01. The van der Waals surface area contributed by atoms with Crippen LogP contribution in [0.4, 0.5) is 5.69 Å². The smallest absolute Gasteiger partial charge is 0.119 e. The molecule has 0 saturated carbocycles. The summed E-state index contributed by atoms with van der Waals surface area (Å²) in [6, 6.07) is 8.51. The molecule has 0 atom stereocenters. The van der Waals surface area contributed by atoms with E-state index in [0.29, 0.717) is 0 Å². The molecule has 1 aliphatic heterocycles. The van der Waals surface area contributed by atoms with Gasteiger partial charge in [0.1, 0.15) is 5.75 Å². The maximum Gasteiger partial charge on any atom is 0.119 e. The van der Waals surface area contributed by atoms with Gasteiger partial charge in [-0.25, -0.2) is 0 Å². The van der Waals surface area contributed by atoms with Gasteiger partial charge >= 0.3 is 0 Å². The Kier molecular flexibility index (Phi) is 6.15. The van der Waals surface area contributed by atoms with E-state index >= 15 is 0 Å². The average molecular weight is 277 g/mol. The molecule has 0 aliphatic carbocycles. The van der Waals surface area contributed by atoms with E-state index in [1.165, 1.54) is 5.69 Å². The minimum Gasteiger partial charge on any atom is -0.494 e. The lowest BCUT2D eigenvalue weighted by Crippen LogP contribution is -2.48. The van der Waals surface area contributed by atoms with E-state index in [0.717, 1.165) is 58.0 Å². The van der Waals surface area contributed by atoms with Crippen LogP contribution in [-0.4, -0.2) is 57.8 Å². The molecule has 1 aromatic rings. The topological polar surface area (TPSA) is 27.7 Å². The molecule has 0 aromatic heterocycles. The molecule has 4 heteroatoms. The molecule has 2 rings (SSSR count). The van der Waals surface area contributed by atoms with Gasteiger partial charge in [-0.15, -0.1) is 0 Å². The number of ether oxygens (including phenoxy) is 1. The lowest BCUT2D eigenvalue weighted by Gasteiger charge is -2.36. The van der Waals surface area contributed by atoms with Gasteiger partial charge in [0.15, 0.2) is 0 Å². The highest BCUT2D eigenvalue weighted by atomic mass is 16.5. The molecule has 112 valence electrons. The zero-order valence-electron chi connectivity index (χ0n) is 12.8. The van der Waals surface area contributed by atoms with Crippen LogP contribution in [0.3, 0.4) is 0 Å². The Bertz CT molecular complexity index is 372. The van der Waals surface area contributed by atoms with Crippen LogP contribution in [0.1, 0.15) is 13.3 Å². The van der Waals surface area contributed by atoms with Crippen LogP contribution < -0.4 is 15.0 Å². The number of piperazine rings is 1. The quantitative estimate of drug-likeness (QED) is 0.823. The van der Waals surface area contributed by atoms with Crippen molar-refractivity contribution in [1.29, 1.82) is 0 Å². The Hall–Kier alpha value is -1.26. The van der Waals surface area contributed by atoms with Crippen molar-refractivity contribution in [2.45, 2.75) is 13.3 Å². The highest BCUT2D eigenvalue weighted by molar-refractivity contribution is 5.49. The van der Waals surface area contributed by atoms with E-state index in [9.17, 15) is 0 Å². The fourth-order valence-corrected chi connectivity index (χ4v) is 2.47. The highest BCUT2D eigenvalue weighted by Crippen LogP contribution is 2.20. The summed E-state index contributed by atoms with van der Waals surface area (Å²) in [6.45, 7) is 9.66. The van der Waals surface area contributed by atoms with E-state index in [1.54, 1.807) is 0 Å². The second-order valence-electron chi connectivity index (χ2n) is 5.27. The third-order valence-electron chi connectivity index (χ3n) is 3.73. The van der Waals surface area contributed by atoms with Crippen LogP contribution in [0.2, 0.25) is 0 Å². The summed E-state index contributed by atoms with van der Waals surface area (Å²) in [4.78, 5) is 4.98. The Morgan fingerprint density at radius 3 is 2.40 bits per heavy atom. The normalized spacial score (nSPS) is 16.4. The minimum absolute atomic E-state index is 0.795. The number of hydrogen-bond acceptors (Lipinski definition) is 4. The average Bonchev–Trinajstić information content (AvgIpc) is 2.52. The first-order chi connectivity index (χ1) is 9.83. The molecule has 1 N–H and O–H groups in total. The molecule has 1 saturated heterocycles. The van der Waals surface area contributed by atoms with Gasteiger partial charge < -0.3 is 15.0 Å². The third kappa shape index (κ3) is 4.39. The van der Waals surface area contributed by atoms with Crippen LogP contribution in [0.15, 0.2) is 24.3 Å². The lowest BCUT2D eigenvalue weighted by atomic mass is 10.2. The standard InChI is InChI=1S/C16H27N3O/c1-3-14-20-16-6-4-15(5-7-16)19-12-10-18(11-13-19)9-8-17-2/h4-7,17H,3,8-14H2,1-2H3. The Morgan fingerprint density at radius 2 is 1.80 bits per heavy atom. The number of hydrogen-bond donors (Lipinski definition) is 1. The molecule has 0 radical (unpaired) electrons. The van der Waals surface area contributed by atoms with Gasteiger partial charge in [-0.2, -0.15) is 0 Å². The first-order valence-corrected chi connectivity index (χ1v) is 7.68. The number of benzene rings is 1. The van der Waals surface area contributed by atoms with Gasteiger partial charge in [0.05, 0.1) is 6.61 Å². The molecule has 0 spiro atoms. The van der Waals surface area contributed by atoms with Gasteiger partial charge in [-0.3, -0.25) is 4.90 Å². The summed E-state index contributed by atoms with van der Waals surface area (Å²) in [6.07, 6.45) is 1.05. The first kappa shape index (κ1) is 15.1. The summed E-state index contributed by atoms with van der Waals surface area (Å²) in [5.41, 5.74) is 1.31. The van der Waals surface area contributed by atoms with E-state index in [2.05, 4.69) is 46.3 Å². The second kappa shape index (κ2) is 8.12. The number of likely N-dealkylation sites (N-methyl/N-ethyl adjacent to an activating group) is 1. The number of nitrogens with zero attached hydrogens (tertiary/aromatic N) is 2. The zero-order chi connectivity index (χ0) is 14.2. The molecule has 20 heavy (non-hydrogen) atoms. The van der Waals surface area contributed by atoms with Crippen LogP contribution in [0.5, 0.6) is 5.75 Å². The molecule has 0 unspecified atom stereocenters. The maximum absolute atomic E-state index is 5.63. The first-order valence-electron chi connectivity index (χ1n) is 7.68. The van der Waals surface area contributed by atoms with Gasteiger partial charge in [0.25, 0.3) is 0 Å². The number of nitrogens with one attached hydrogen (secondary N) is 1. The SMILES string of the molecule is CCCOc1ccc(N2CCN(CCNC)CC2)cc1. The molecule has 1 aliphatic rings. The largest absolute Gasteiger partial charge is 0.494 e. The van der Waals surface area contributed by atoms with Gasteiger partial charge in [0, 0.05) is 45.0 Å². The Labute approximate surface area is 122 Å². The summed E-state index contributed by atoms with van der Waals surface area (Å²) in [5.74, 6) is 0.975. The van der Waals surface area contributed by atoms with E-state index in [1.807, 2.05) is 7.05 Å². The molecule has 4 nitrogen and oxygen atoms in total. The number of anilines is 1. The molecular weight excluding hydrogens is 250 g/mol. The maximum atomic E-state index is 5.63. The molecular formula is C16H27N3O. The second-order valence-corrected chi connectivity index (χ2v) is 5.27. The molecule has 0 bridgehead atoms. The fraction of sp³-hybridized carbons (Fsp3) is 0.625. The predicted octanol–water partition coefficient (Wildman–Crippen LogP) is 1.82. The number of rotatable bonds is 7. The molecule has 1 aromatic carbocycles.